The Hall–Kier alpha value is -2.04. The molecule has 1 fully saturated rings. The molecule has 2 aromatic carbocycles. The molecule has 23 heavy (non-hydrogen) atoms. The quantitative estimate of drug-likeness (QED) is 0.915. The maximum absolute atomic E-state index is 12.1. The van der Waals surface area contributed by atoms with Crippen molar-refractivity contribution >= 4 is 18.5 Å². The lowest BCUT2D eigenvalue weighted by atomic mass is 9.98. The molecule has 4 rings (SSSR count). The van der Waals surface area contributed by atoms with Gasteiger partial charge in [0.2, 0.25) is 0 Å². The molecule has 2 aromatic rings. The Bertz CT molecular complexity index is 668. The lowest BCUT2D eigenvalue weighted by Gasteiger charge is -2.18. The van der Waals surface area contributed by atoms with E-state index < -0.39 is 0 Å². The number of carbonyl (C=O) groups excluding carboxylic acids is 1. The molecule has 1 aliphatic heterocycles. The molecule has 5 heteroatoms. The molecule has 4 nitrogen and oxygen atoms in total. The maximum Gasteiger partial charge on any atom is 0.424 e. The summed E-state index contributed by atoms with van der Waals surface area (Å²) in [6.45, 7) is 1.94. The molecule has 2 aliphatic rings. The van der Waals surface area contributed by atoms with E-state index in [1.807, 2.05) is 12.1 Å². The smallest absolute Gasteiger partial charge is 0.424 e. The Labute approximate surface area is 141 Å². The van der Waals surface area contributed by atoms with Crippen LogP contribution in [0, 0.1) is 0 Å². The predicted octanol–water partition coefficient (Wildman–Crippen LogP) is 3.57. The number of hydrazine groups is 1. The van der Waals surface area contributed by atoms with Gasteiger partial charge in [-0.15, -0.1) is 12.4 Å². The van der Waals surface area contributed by atoms with E-state index in [9.17, 15) is 4.79 Å². The van der Waals surface area contributed by atoms with Gasteiger partial charge in [0, 0.05) is 19.0 Å². The zero-order chi connectivity index (χ0) is 14.9. The van der Waals surface area contributed by atoms with Crippen molar-refractivity contribution in [1.82, 2.24) is 10.4 Å². The van der Waals surface area contributed by atoms with Crippen LogP contribution in [0.2, 0.25) is 0 Å². The number of amides is 1. The van der Waals surface area contributed by atoms with Crippen LogP contribution in [0.4, 0.5) is 4.79 Å². The summed E-state index contributed by atoms with van der Waals surface area (Å²) in [5, 5.41) is 1.56. The van der Waals surface area contributed by atoms with E-state index >= 15 is 0 Å². The van der Waals surface area contributed by atoms with E-state index in [4.69, 9.17) is 4.74 Å². The Kier molecular flexibility index (Phi) is 4.55. The number of carbonyl (C=O) groups is 1. The van der Waals surface area contributed by atoms with Gasteiger partial charge >= 0.3 is 6.09 Å². The molecule has 0 radical (unpaired) electrons. The van der Waals surface area contributed by atoms with E-state index in [1.54, 1.807) is 5.01 Å². The minimum Gasteiger partial charge on any atom is -0.447 e. The SMILES string of the molecule is Cl.O=C(OCC1c2ccccc2-c2ccccc21)N1CCCN1. The third-order valence-corrected chi connectivity index (χ3v) is 4.42. The Morgan fingerprint density at radius 1 is 1.09 bits per heavy atom. The summed E-state index contributed by atoms with van der Waals surface area (Å²) in [5.74, 6) is 0.124. The molecular weight excluding hydrogens is 312 g/mol. The topological polar surface area (TPSA) is 41.6 Å². The zero-order valence-corrected chi connectivity index (χ0v) is 13.5. The van der Waals surface area contributed by atoms with Crippen molar-refractivity contribution in [3.8, 4) is 11.1 Å². The number of nitrogens with zero attached hydrogens (tertiary/aromatic N) is 1. The van der Waals surface area contributed by atoms with Gasteiger partial charge in [0.25, 0.3) is 0 Å². The second-order valence-electron chi connectivity index (χ2n) is 5.72. The monoisotopic (exact) mass is 330 g/mol. The van der Waals surface area contributed by atoms with Crippen molar-refractivity contribution < 1.29 is 9.53 Å². The van der Waals surface area contributed by atoms with Crippen molar-refractivity contribution in [3.63, 3.8) is 0 Å². The minimum absolute atomic E-state index is 0. The number of benzene rings is 2. The second-order valence-corrected chi connectivity index (χ2v) is 5.72. The Morgan fingerprint density at radius 3 is 2.26 bits per heavy atom. The van der Waals surface area contributed by atoms with Crippen LogP contribution < -0.4 is 5.43 Å². The molecule has 0 aromatic heterocycles. The lowest BCUT2D eigenvalue weighted by molar-refractivity contribution is 0.0938. The van der Waals surface area contributed by atoms with Gasteiger partial charge in [-0.1, -0.05) is 48.5 Å². The molecule has 0 unspecified atom stereocenters. The van der Waals surface area contributed by atoms with Crippen molar-refractivity contribution in [3.05, 3.63) is 59.7 Å². The molecule has 0 bridgehead atoms. The number of halogens is 1. The van der Waals surface area contributed by atoms with Gasteiger partial charge in [0.1, 0.15) is 6.61 Å². The van der Waals surface area contributed by atoms with Crippen LogP contribution in [0.15, 0.2) is 48.5 Å². The van der Waals surface area contributed by atoms with Crippen LogP contribution in [0.1, 0.15) is 23.5 Å². The molecule has 1 amide bonds. The van der Waals surface area contributed by atoms with Crippen LogP contribution in [0.3, 0.4) is 0 Å². The van der Waals surface area contributed by atoms with Crippen LogP contribution in [0.5, 0.6) is 0 Å². The number of fused-ring (bicyclic) bond motifs is 3. The molecular formula is C18H19ClN2O2. The van der Waals surface area contributed by atoms with Gasteiger partial charge in [-0.25, -0.2) is 15.2 Å². The maximum atomic E-state index is 12.1. The normalized spacial score (nSPS) is 15.7. The highest BCUT2D eigenvalue weighted by Crippen LogP contribution is 2.44. The van der Waals surface area contributed by atoms with E-state index in [1.165, 1.54) is 22.3 Å². The molecule has 120 valence electrons. The predicted molar refractivity (Wildman–Crippen MR) is 91.6 cm³/mol. The summed E-state index contributed by atoms with van der Waals surface area (Å²) in [4.78, 5) is 12.1. The third kappa shape index (κ3) is 2.80. The second kappa shape index (κ2) is 6.60. The number of hydrogen-bond donors (Lipinski definition) is 1. The summed E-state index contributed by atoms with van der Waals surface area (Å²) < 4.78 is 5.55. The summed E-state index contributed by atoms with van der Waals surface area (Å²) in [6, 6.07) is 16.7. The highest BCUT2D eigenvalue weighted by Gasteiger charge is 2.30. The van der Waals surface area contributed by atoms with Crippen LogP contribution in [0.25, 0.3) is 11.1 Å². The van der Waals surface area contributed by atoms with E-state index in [0.717, 1.165) is 19.5 Å². The fraction of sp³-hybridized carbons (Fsp3) is 0.278. The van der Waals surface area contributed by atoms with Crippen molar-refractivity contribution in [2.24, 2.45) is 0 Å². The van der Waals surface area contributed by atoms with Crippen LogP contribution in [-0.4, -0.2) is 30.8 Å². The third-order valence-electron chi connectivity index (χ3n) is 4.42. The number of ether oxygens (including phenoxy) is 1. The first-order chi connectivity index (χ1) is 10.8. The Balaban J connectivity index is 0.00000156. The summed E-state index contributed by atoms with van der Waals surface area (Å²) in [5.41, 5.74) is 8.01. The largest absolute Gasteiger partial charge is 0.447 e. The zero-order valence-electron chi connectivity index (χ0n) is 12.7. The molecule has 1 saturated heterocycles. The van der Waals surface area contributed by atoms with Gasteiger partial charge in [-0.05, 0) is 28.7 Å². The summed E-state index contributed by atoms with van der Waals surface area (Å²) in [6.07, 6.45) is 0.698. The van der Waals surface area contributed by atoms with Gasteiger partial charge in [-0.3, -0.25) is 0 Å². The average Bonchev–Trinajstić information content (AvgIpc) is 3.20. The van der Waals surface area contributed by atoms with Gasteiger partial charge in [-0.2, -0.15) is 0 Å². The fourth-order valence-corrected chi connectivity index (χ4v) is 3.36. The molecule has 0 saturated carbocycles. The van der Waals surface area contributed by atoms with Crippen molar-refractivity contribution in [2.75, 3.05) is 19.7 Å². The Morgan fingerprint density at radius 2 is 1.70 bits per heavy atom. The first-order valence-electron chi connectivity index (χ1n) is 7.70. The van der Waals surface area contributed by atoms with E-state index in [2.05, 4.69) is 41.8 Å². The lowest BCUT2D eigenvalue weighted by Crippen LogP contribution is -2.37. The van der Waals surface area contributed by atoms with E-state index in [-0.39, 0.29) is 24.4 Å². The highest BCUT2D eigenvalue weighted by molar-refractivity contribution is 5.85. The highest BCUT2D eigenvalue weighted by atomic mass is 35.5. The van der Waals surface area contributed by atoms with Gasteiger partial charge in [0.15, 0.2) is 0 Å². The number of nitrogens with one attached hydrogen (secondary N) is 1. The molecule has 1 aliphatic carbocycles. The minimum atomic E-state index is -0.278. The molecule has 0 atom stereocenters. The molecule has 0 spiro atoms. The summed E-state index contributed by atoms with van der Waals surface area (Å²) in [7, 11) is 0. The van der Waals surface area contributed by atoms with Gasteiger partial charge in [0.05, 0.1) is 0 Å². The average molecular weight is 331 g/mol. The van der Waals surface area contributed by atoms with Crippen LogP contribution in [-0.2, 0) is 4.74 Å². The first kappa shape index (κ1) is 15.8. The van der Waals surface area contributed by atoms with Gasteiger partial charge < -0.3 is 4.74 Å². The van der Waals surface area contributed by atoms with E-state index in [0.29, 0.717) is 6.61 Å². The standard InChI is InChI=1S/C18H18N2O2.ClH/c21-18(20-11-5-10-19-20)22-12-17-15-8-3-1-6-13(15)14-7-2-4-9-16(14)17;/h1-4,6-9,17,19H,5,10-12H2;1H. The fourth-order valence-electron chi connectivity index (χ4n) is 3.36. The number of rotatable bonds is 2. The summed E-state index contributed by atoms with van der Waals surface area (Å²) >= 11 is 0. The van der Waals surface area contributed by atoms with Crippen LogP contribution >= 0.6 is 12.4 Å². The van der Waals surface area contributed by atoms with Crippen molar-refractivity contribution in [1.29, 1.82) is 0 Å². The number of hydrogen-bond acceptors (Lipinski definition) is 3. The molecule has 1 heterocycles. The van der Waals surface area contributed by atoms with Crippen molar-refractivity contribution in [2.45, 2.75) is 12.3 Å². The molecule has 1 N–H and O–H groups in total. The first-order valence-corrected chi connectivity index (χ1v) is 7.70.